The third kappa shape index (κ3) is 3.75. The number of hydrogen-bond acceptors (Lipinski definition) is 4. The van der Waals surface area contributed by atoms with E-state index in [4.69, 9.17) is 23.2 Å². The lowest BCUT2D eigenvalue weighted by Gasteiger charge is -2.07. The average molecular weight is 343 g/mol. The number of carbonyl (C=O) groups excluding carboxylic acids is 1. The quantitative estimate of drug-likeness (QED) is 0.647. The molecule has 110 valence electrons. The Kier molecular flexibility index (Phi) is 4.88. The molecule has 0 radical (unpaired) electrons. The number of hydrazone groups is 1. The summed E-state index contributed by atoms with van der Waals surface area (Å²) in [6, 6.07) is 4.74. The Morgan fingerprint density at radius 3 is 2.67 bits per heavy atom. The van der Waals surface area contributed by atoms with Gasteiger partial charge in [-0.15, -0.1) is 11.3 Å². The van der Waals surface area contributed by atoms with Crippen LogP contribution in [0.4, 0.5) is 0 Å². The molecule has 0 saturated heterocycles. The summed E-state index contributed by atoms with van der Waals surface area (Å²) in [6.07, 6.45) is 0. The number of benzene rings is 1. The normalized spacial score (nSPS) is 11.5. The van der Waals surface area contributed by atoms with Crippen molar-refractivity contribution in [1.29, 1.82) is 0 Å². The van der Waals surface area contributed by atoms with Gasteiger partial charge in [0.1, 0.15) is 5.75 Å². The number of hydrogen-bond donors (Lipinski definition) is 2. The molecule has 21 heavy (non-hydrogen) atoms. The fourth-order valence-electron chi connectivity index (χ4n) is 1.66. The summed E-state index contributed by atoms with van der Waals surface area (Å²) in [5.41, 5.74) is 3.75. The van der Waals surface area contributed by atoms with Gasteiger partial charge < -0.3 is 5.11 Å². The zero-order valence-corrected chi connectivity index (χ0v) is 13.6. The molecule has 7 heteroatoms. The number of amides is 1. The highest BCUT2D eigenvalue weighted by Crippen LogP contribution is 2.31. The van der Waals surface area contributed by atoms with Gasteiger partial charge in [-0.25, -0.2) is 5.43 Å². The molecule has 4 nitrogen and oxygen atoms in total. The van der Waals surface area contributed by atoms with Gasteiger partial charge in [0.2, 0.25) is 0 Å². The lowest BCUT2D eigenvalue weighted by molar-refractivity contribution is 0.0955. The van der Waals surface area contributed by atoms with Crippen LogP contribution < -0.4 is 5.43 Å². The molecule has 0 atom stereocenters. The maximum Gasteiger partial charge on any atom is 0.272 e. The molecular formula is C14H12Cl2N2O2S. The molecule has 2 N–H and O–H groups in total. The third-order valence-electron chi connectivity index (χ3n) is 2.74. The number of carbonyl (C=O) groups is 1. The molecule has 0 aliphatic rings. The first kappa shape index (κ1) is 15.8. The fourth-order valence-corrected chi connectivity index (χ4v) is 2.84. The SMILES string of the molecule is CC(=NNC(=O)c1csc(C)c1)c1cc(Cl)cc(Cl)c1O. The Hall–Kier alpha value is -1.56. The van der Waals surface area contributed by atoms with Crippen molar-refractivity contribution in [3.05, 3.63) is 49.6 Å². The Balaban J connectivity index is 2.20. The standard InChI is InChI=1S/C14H12Cl2N2O2S/c1-7-3-9(6-21-7)14(20)18-17-8(2)11-4-10(15)5-12(16)13(11)19/h3-6,19H,1-2H3,(H,18,20). The number of nitrogens with zero attached hydrogens (tertiary/aromatic N) is 1. The predicted octanol–water partition coefficient (Wildman–Crippen LogP) is 4.22. The van der Waals surface area contributed by atoms with E-state index >= 15 is 0 Å². The number of thiophene rings is 1. The van der Waals surface area contributed by atoms with Crippen molar-refractivity contribution in [1.82, 2.24) is 5.43 Å². The van der Waals surface area contributed by atoms with Crippen molar-refractivity contribution in [3.63, 3.8) is 0 Å². The number of aryl methyl sites for hydroxylation is 1. The molecule has 2 rings (SSSR count). The van der Waals surface area contributed by atoms with Crippen LogP contribution in [-0.4, -0.2) is 16.7 Å². The summed E-state index contributed by atoms with van der Waals surface area (Å²) < 4.78 is 0. The van der Waals surface area contributed by atoms with E-state index in [1.54, 1.807) is 18.4 Å². The smallest absolute Gasteiger partial charge is 0.272 e. The van der Waals surface area contributed by atoms with Gasteiger partial charge in [-0.2, -0.15) is 5.10 Å². The van der Waals surface area contributed by atoms with Gasteiger partial charge in [0.25, 0.3) is 5.91 Å². The Bertz CT molecular complexity index is 726. The molecule has 1 aromatic carbocycles. The summed E-state index contributed by atoms with van der Waals surface area (Å²) in [6.45, 7) is 3.56. The van der Waals surface area contributed by atoms with Crippen molar-refractivity contribution in [3.8, 4) is 5.75 Å². The second kappa shape index (κ2) is 6.47. The first-order chi connectivity index (χ1) is 9.88. The van der Waals surface area contributed by atoms with E-state index in [9.17, 15) is 9.90 Å². The van der Waals surface area contributed by atoms with Gasteiger partial charge in [0.15, 0.2) is 0 Å². The second-order valence-electron chi connectivity index (χ2n) is 4.37. The van der Waals surface area contributed by atoms with Crippen LogP contribution in [0.1, 0.15) is 27.7 Å². The Labute approximate surface area is 136 Å². The highest BCUT2D eigenvalue weighted by Gasteiger charge is 2.12. The van der Waals surface area contributed by atoms with Gasteiger partial charge in [-0.3, -0.25) is 4.79 Å². The van der Waals surface area contributed by atoms with Crippen LogP contribution in [0.5, 0.6) is 5.75 Å². The fraction of sp³-hybridized carbons (Fsp3) is 0.143. The van der Waals surface area contributed by atoms with E-state index in [2.05, 4.69) is 10.5 Å². The summed E-state index contributed by atoms with van der Waals surface area (Å²) in [5.74, 6) is -0.436. The van der Waals surface area contributed by atoms with Gasteiger partial charge in [0, 0.05) is 20.8 Å². The van der Waals surface area contributed by atoms with Crippen molar-refractivity contribution < 1.29 is 9.90 Å². The van der Waals surface area contributed by atoms with E-state index in [-0.39, 0.29) is 16.7 Å². The zero-order valence-electron chi connectivity index (χ0n) is 11.3. The molecule has 0 aliphatic heterocycles. The minimum atomic E-state index is -0.314. The average Bonchev–Trinajstić information content (AvgIpc) is 2.86. The monoisotopic (exact) mass is 342 g/mol. The number of halogens is 2. The summed E-state index contributed by atoms with van der Waals surface area (Å²) in [7, 11) is 0. The highest BCUT2D eigenvalue weighted by atomic mass is 35.5. The van der Waals surface area contributed by atoms with Crippen LogP contribution in [0.15, 0.2) is 28.7 Å². The van der Waals surface area contributed by atoms with Crippen molar-refractivity contribution in [2.24, 2.45) is 5.10 Å². The van der Waals surface area contributed by atoms with Crippen LogP contribution in [0, 0.1) is 6.92 Å². The number of phenols is 1. The summed E-state index contributed by atoms with van der Waals surface area (Å²) in [4.78, 5) is 12.9. The first-order valence-corrected chi connectivity index (χ1v) is 7.60. The molecule has 0 fully saturated rings. The Morgan fingerprint density at radius 1 is 1.33 bits per heavy atom. The maximum atomic E-state index is 11.9. The van der Waals surface area contributed by atoms with E-state index in [1.807, 2.05) is 6.92 Å². The number of phenolic OH excluding ortho intramolecular Hbond substituents is 1. The second-order valence-corrected chi connectivity index (χ2v) is 6.33. The molecule has 1 amide bonds. The van der Waals surface area contributed by atoms with Crippen LogP contribution >= 0.6 is 34.5 Å². The molecule has 1 aromatic heterocycles. The lowest BCUT2D eigenvalue weighted by Crippen LogP contribution is -2.18. The number of aromatic hydroxyl groups is 1. The van der Waals surface area contributed by atoms with Crippen molar-refractivity contribution in [2.75, 3.05) is 0 Å². The predicted molar refractivity (Wildman–Crippen MR) is 86.9 cm³/mol. The molecule has 0 bridgehead atoms. The highest BCUT2D eigenvalue weighted by molar-refractivity contribution is 7.10. The van der Waals surface area contributed by atoms with Crippen molar-refractivity contribution >= 4 is 46.2 Å². The van der Waals surface area contributed by atoms with Gasteiger partial charge in [-0.05, 0) is 32.0 Å². The summed E-state index contributed by atoms with van der Waals surface area (Å²) >= 11 is 13.2. The minimum absolute atomic E-state index is 0.122. The zero-order chi connectivity index (χ0) is 15.6. The first-order valence-electron chi connectivity index (χ1n) is 5.96. The molecule has 2 aromatic rings. The number of rotatable bonds is 3. The Morgan fingerprint density at radius 2 is 2.05 bits per heavy atom. The minimum Gasteiger partial charge on any atom is -0.506 e. The molecular weight excluding hydrogens is 331 g/mol. The molecule has 0 saturated carbocycles. The molecule has 0 unspecified atom stereocenters. The van der Waals surface area contributed by atoms with Crippen LogP contribution in [0.3, 0.4) is 0 Å². The lowest BCUT2D eigenvalue weighted by atomic mass is 10.1. The molecule has 0 spiro atoms. The number of nitrogens with one attached hydrogen (secondary N) is 1. The topological polar surface area (TPSA) is 61.7 Å². The van der Waals surface area contributed by atoms with Gasteiger partial charge >= 0.3 is 0 Å². The molecule has 0 aliphatic carbocycles. The molecule has 1 heterocycles. The van der Waals surface area contributed by atoms with Gasteiger partial charge in [0.05, 0.1) is 16.3 Å². The summed E-state index contributed by atoms with van der Waals surface area (Å²) in [5, 5.41) is 16.1. The van der Waals surface area contributed by atoms with Crippen LogP contribution in [0.2, 0.25) is 10.0 Å². The van der Waals surface area contributed by atoms with Crippen molar-refractivity contribution in [2.45, 2.75) is 13.8 Å². The van der Waals surface area contributed by atoms with E-state index in [0.29, 0.717) is 21.9 Å². The maximum absolute atomic E-state index is 11.9. The van der Waals surface area contributed by atoms with E-state index in [1.165, 1.54) is 23.5 Å². The van der Waals surface area contributed by atoms with Crippen LogP contribution in [0.25, 0.3) is 0 Å². The van der Waals surface area contributed by atoms with E-state index in [0.717, 1.165) is 4.88 Å². The van der Waals surface area contributed by atoms with Gasteiger partial charge in [-0.1, -0.05) is 23.2 Å². The largest absolute Gasteiger partial charge is 0.506 e. The third-order valence-corrected chi connectivity index (χ3v) is 4.10. The van der Waals surface area contributed by atoms with Crippen LogP contribution in [-0.2, 0) is 0 Å². The van der Waals surface area contributed by atoms with E-state index < -0.39 is 0 Å².